The highest BCUT2D eigenvalue weighted by molar-refractivity contribution is 5.98. The normalized spacial score (nSPS) is 17.1. The highest BCUT2D eigenvalue weighted by Gasteiger charge is 2.21. The van der Waals surface area contributed by atoms with Crippen molar-refractivity contribution in [2.45, 2.75) is 19.3 Å². The van der Waals surface area contributed by atoms with Gasteiger partial charge < -0.3 is 10.2 Å². The van der Waals surface area contributed by atoms with E-state index >= 15 is 0 Å². The third-order valence-corrected chi connectivity index (χ3v) is 4.23. The summed E-state index contributed by atoms with van der Waals surface area (Å²) in [5.74, 6) is 1.55. The number of furan rings is 1. The quantitative estimate of drug-likeness (QED) is 0.620. The molecule has 0 bridgehead atoms. The number of hydrogen-bond acceptors (Lipinski definition) is 2. The average Bonchev–Trinajstić information content (AvgIpc) is 2.89. The molecule has 104 valence electrons. The molecule has 2 nitrogen and oxygen atoms in total. The van der Waals surface area contributed by atoms with Crippen LogP contribution in [0.3, 0.4) is 0 Å². The topological polar surface area (TPSA) is 39.2 Å². The number of para-hydroxylation sites is 1. The van der Waals surface area contributed by atoms with E-state index in [0.717, 1.165) is 34.6 Å². The summed E-state index contributed by atoms with van der Waals surface area (Å²) in [7, 11) is 0. The maximum atomic E-state index is 6.24. The monoisotopic (exact) mass is 275 g/mol. The third-order valence-electron chi connectivity index (χ3n) is 4.23. The molecular weight excluding hydrogens is 258 g/mol. The van der Waals surface area contributed by atoms with Crippen LogP contribution in [0.25, 0.3) is 28.2 Å². The van der Waals surface area contributed by atoms with Crippen LogP contribution in [0.15, 0.2) is 53.0 Å². The molecule has 4 rings (SSSR count). The van der Waals surface area contributed by atoms with E-state index in [-0.39, 0.29) is 0 Å². The lowest BCUT2D eigenvalue weighted by atomic mass is 9.93. The first-order valence-electron chi connectivity index (χ1n) is 7.32. The molecule has 1 aromatic heterocycles. The van der Waals surface area contributed by atoms with E-state index < -0.39 is 0 Å². The van der Waals surface area contributed by atoms with Crippen LogP contribution >= 0.6 is 0 Å². The van der Waals surface area contributed by atoms with Crippen LogP contribution in [0.1, 0.15) is 30.6 Å². The molecule has 0 saturated heterocycles. The summed E-state index contributed by atoms with van der Waals surface area (Å²) in [5.41, 5.74) is 11.0. The second-order valence-corrected chi connectivity index (χ2v) is 5.72. The Morgan fingerprint density at radius 3 is 2.71 bits per heavy atom. The maximum Gasteiger partial charge on any atom is 0.142 e. The highest BCUT2D eigenvalue weighted by Crippen LogP contribution is 2.40. The van der Waals surface area contributed by atoms with Crippen molar-refractivity contribution in [1.29, 1.82) is 0 Å². The molecule has 1 unspecified atom stereocenters. The van der Waals surface area contributed by atoms with Gasteiger partial charge in [-0.05, 0) is 24.1 Å². The lowest BCUT2D eigenvalue weighted by molar-refractivity contribution is 0.504. The van der Waals surface area contributed by atoms with Crippen molar-refractivity contribution in [3.63, 3.8) is 0 Å². The molecule has 1 atom stereocenters. The zero-order valence-electron chi connectivity index (χ0n) is 12.0. The molecule has 1 aliphatic rings. The molecule has 21 heavy (non-hydrogen) atoms. The number of fused-ring (bicyclic) bond motifs is 3. The fourth-order valence-corrected chi connectivity index (χ4v) is 3.08. The Morgan fingerprint density at radius 1 is 1.10 bits per heavy atom. The summed E-state index contributed by atoms with van der Waals surface area (Å²) >= 11 is 0. The maximum absolute atomic E-state index is 6.24. The molecule has 1 aliphatic carbocycles. The number of nitrogen functional groups attached to an aromatic ring is 1. The Labute approximate surface area is 123 Å². The predicted octanol–water partition coefficient (Wildman–Crippen LogP) is 5.20. The highest BCUT2D eigenvalue weighted by atomic mass is 16.3. The number of nitrogens with two attached hydrogens (primary N) is 1. The van der Waals surface area contributed by atoms with Gasteiger partial charge in [-0.2, -0.15) is 0 Å². The van der Waals surface area contributed by atoms with Crippen LogP contribution in [-0.2, 0) is 0 Å². The Hall–Kier alpha value is -2.48. The first-order chi connectivity index (χ1) is 10.2. The van der Waals surface area contributed by atoms with E-state index in [0.29, 0.717) is 5.92 Å². The van der Waals surface area contributed by atoms with Crippen molar-refractivity contribution in [3.05, 3.63) is 59.9 Å². The van der Waals surface area contributed by atoms with Gasteiger partial charge in [-0.1, -0.05) is 49.4 Å². The molecule has 0 radical (unpaired) electrons. The number of allylic oxidation sites excluding steroid dienone is 1. The van der Waals surface area contributed by atoms with Gasteiger partial charge in [-0.3, -0.25) is 0 Å². The minimum atomic E-state index is 0.441. The van der Waals surface area contributed by atoms with Crippen LogP contribution in [0.2, 0.25) is 0 Å². The molecule has 0 spiro atoms. The van der Waals surface area contributed by atoms with Crippen LogP contribution in [-0.4, -0.2) is 0 Å². The molecular formula is C19H17NO. The number of anilines is 1. The lowest BCUT2D eigenvalue weighted by Crippen LogP contribution is -1.95. The fraction of sp³-hybridized carbons (Fsp3) is 0.158. The van der Waals surface area contributed by atoms with E-state index in [2.05, 4.69) is 37.3 Å². The summed E-state index contributed by atoms with van der Waals surface area (Å²) in [6.07, 6.45) is 5.47. The average molecular weight is 275 g/mol. The Bertz CT molecular complexity index is 840. The number of hydrogen-bond donors (Lipinski definition) is 1. The van der Waals surface area contributed by atoms with E-state index in [1.54, 1.807) is 0 Å². The van der Waals surface area contributed by atoms with Crippen molar-refractivity contribution >= 4 is 22.7 Å². The molecule has 2 aromatic carbocycles. The molecule has 0 saturated carbocycles. The van der Waals surface area contributed by atoms with E-state index in [4.69, 9.17) is 10.2 Å². The molecule has 0 amide bonds. The zero-order chi connectivity index (χ0) is 14.4. The van der Waals surface area contributed by atoms with Crippen molar-refractivity contribution in [2.75, 3.05) is 5.73 Å². The van der Waals surface area contributed by atoms with Crippen molar-refractivity contribution in [3.8, 4) is 11.1 Å². The van der Waals surface area contributed by atoms with Gasteiger partial charge in [0, 0.05) is 28.1 Å². The zero-order valence-corrected chi connectivity index (χ0v) is 12.0. The van der Waals surface area contributed by atoms with Crippen molar-refractivity contribution < 1.29 is 4.42 Å². The first-order valence-corrected chi connectivity index (χ1v) is 7.32. The Balaban J connectivity index is 1.99. The SMILES string of the molecule is CC1CC=Cc2c1oc1c(-c3ccc(N)cc3)cccc21. The smallest absolute Gasteiger partial charge is 0.142 e. The Kier molecular flexibility index (Phi) is 2.64. The molecule has 0 aliphatic heterocycles. The molecule has 1 heterocycles. The summed E-state index contributed by atoms with van der Waals surface area (Å²) in [6.45, 7) is 2.22. The van der Waals surface area contributed by atoms with E-state index in [1.165, 1.54) is 10.9 Å². The number of rotatable bonds is 1. The van der Waals surface area contributed by atoms with Crippen molar-refractivity contribution in [1.82, 2.24) is 0 Å². The first kappa shape index (κ1) is 12.3. The molecule has 2 N–H and O–H groups in total. The van der Waals surface area contributed by atoms with Gasteiger partial charge in [-0.15, -0.1) is 0 Å². The fourth-order valence-electron chi connectivity index (χ4n) is 3.08. The third kappa shape index (κ3) is 1.87. The largest absolute Gasteiger partial charge is 0.459 e. The molecule has 0 fully saturated rings. The second kappa shape index (κ2) is 4.52. The molecule has 2 heteroatoms. The summed E-state index contributed by atoms with van der Waals surface area (Å²) in [6, 6.07) is 14.3. The molecule has 3 aromatic rings. The minimum Gasteiger partial charge on any atom is -0.459 e. The standard InChI is InChI=1S/C19H17NO/c1-12-4-2-6-16-17-7-3-5-15(19(17)21-18(12)16)13-8-10-14(20)11-9-13/h2-3,5-12H,4,20H2,1H3. The summed E-state index contributed by atoms with van der Waals surface area (Å²) in [5, 5.41) is 1.20. The van der Waals surface area contributed by atoms with Crippen LogP contribution in [0, 0.1) is 0 Å². The summed E-state index contributed by atoms with van der Waals surface area (Å²) < 4.78 is 6.24. The van der Waals surface area contributed by atoms with Gasteiger partial charge >= 0.3 is 0 Å². The van der Waals surface area contributed by atoms with Gasteiger partial charge in [0.05, 0.1) is 0 Å². The number of benzene rings is 2. The van der Waals surface area contributed by atoms with Gasteiger partial charge in [0.1, 0.15) is 11.3 Å². The van der Waals surface area contributed by atoms with E-state index in [1.807, 2.05) is 24.3 Å². The Morgan fingerprint density at radius 2 is 1.90 bits per heavy atom. The van der Waals surface area contributed by atoms with Crippen LogP contribution in [0.5, 0.6) is 0 Å². The predicted molar refractivity (Wildman–Crippen MR) is 88.1 cm³/mol. The second-order valence-electron chi connectivity index (χ2n) is 5.72. The van der Waals surface area contributed by atoms with Gasteiger partial charge in [0.2, 0.25) is 0 Å². The van der Waals surface area contributed by atoms with Crippen LogP contribution in [0.4, 0.5) is 5.69 Å². The van der Waals surface area contributed by atoms with E-state index in [9.17, 15) is 0 Å². The van der Waals surface area contributed by atoms with Crippen LogP contribution < -0.4 is 5.73 Å². The van der Waals surface area contributed by atoms with Gasteiger partial charge in [0.15, 0.2) is 0 Å². The minimum absolute atomic E-state index is 0.441. The lowest BCUT2D eigenvalue weighted by Gasteiger charge is -2.10. The van der Waals surface area contributed by atoms with Gasteiger partial charge in [0.25, 0.3) is 0 Å². The summed E-state index contributed by atoms with van der Waals surface area (Å²) in [4.78, 5) is 0. The van der Waals surface area contributed by atoms with Crippen molar-refractivity contribution in [2.24, 2.45) is 0 Å². The van der Waals surface area contributed by atoms with Gasteiger partial charge in [-0.25, -0.2) is 0 Å².